The molecule has 1 aromatic rings. The van der Waals surface area contributed by atoms with Gasteiger partial charge in [0.2, 0.25) is 0 Å². The number of carboxylic acid groups (broad SMARTS) is 1. The summed E-state index contributed by atoms with van der Waals surface area (Å²) in [6.45, 7) is 3.07. The smallest absolute Gasteiger partial charge is 0.311 e. The maximum absolute atomic E-state index is 11.2. The predicted molar refractivity (Wildman–Crippen MR) is 65.5 cm³/mol. The van der Waals surface area contributed by atoms with E-state index < -0.39 is 11.9 Å². The molecule has 0 aromatic carbocycles. The molecular weight excluding hydrogens is 248 g/mol. The van der Waals surface area contributed by atoms with Crippen LogP contribution in [0.15, 0.2) is 12.4 Å². The lowest BCUT2D eigenvalue weighted by Gasteiger charge is -2.29. The summed E-state index contributed by atoms with van der Waals surface area (Å²) < 4.78 is 5.26. The lowest BCUT2D eigenvalue weighted by molar-refractivity contribution is -0.141. The average molecular weight is 262 g/mol. The second-order valence-corrected chi connectivity index (χ2v) is 4.21. The lowest BCUT2D eigenvalue weighted by atomic mass is 10.0. The van der Waals surface area contributed by atoms with E-state index in [0.717, 1.165) is 0 Å². The SMILES string of the molecule is CCN(c1cnc(C#N)cn1)C1COCC1C(=O)O. The van der Waals surface area contributed by atoms with Crippen LogP contribution < -0.4 is 4.90 Å². The zero-order chi connectivity index (χ0) is 13.8. The van der Waals surface area contributed by atoms with E-state index >= 15 is 0 Å². The van der Waals surface area contributed by atoms with Crippen molar-refractivity contribution >= 4 is 11.8 Å². The Kier molecular flexibility index (Phi) is 3.92. The molecule has 2 rings (SSSR count). The van der Waals surface area contributed by atoms with Crippen molar-refractivity contribution in [3.63, 3.8) is 0 Å². The number of hydrogen-bond acceptors (Lipinski definition) is 6. The summed E-state index contributed by atoms with van der Waals surface area (Å²) in [5, 5.41) is 17.9. The van der Waals surface area contributed by atoms with E-state index in [0.29, 0.717) is 19.0 Å². The molecule has 100 valence electrons. The number of carboxylic acids is 1. The van der Waals surface area contributed by atoms with Gasteiger partial charge in [0.05, 0.1) is 31.6 Å². The van der Waals surface area contributed by atoms with Gasteiger partial charge in [0.15, 0.2) is 5.69 Å². The molecule has 0 spiro atoms. The van der Waals surface area contributed by atoms with Gasteiger partial charge >= 0.3 is 5.97 Å². The van der Waals surface area contributed by atoms with Crippen molar-refractivity contribution in [3.8, 4) is 6.07 Å². The molecule has 1 aliphatic heterocycles. The van der Waals surface area contributed by atoms with E-state index in [1.54, 1.807) is 0 Å². The predicted octanol–water partition coefficient (Wildman–Crippen LogP) is 0.274. The minimum absolute atomic E-state index is 0.209. The molecule has 1 saturated heterocycles. The number of rotatable bonds is 4. The first-order valence-electron chi connectivity index (χ1n) is 5.96. The van der Waals surface area contributed by atoms with Crippen LogP contribution in [0.2, 0.25) is 0 Å². The van der Waals surface area contributed by atoms with Gasteiger partial charge in [-0.25, -0.2) is 9.97 Å². The average Bonchev–Trinajstić information content (AvgIpc) is 2.90. The third-order valence-corrected chi connectivity index (χ3v) is 3.16. The van der Waals surface area contributed by atoms with E-state index in [-0.39, 0.29) is 18.3 Å². The maximum atomic E-state index is 11.2. The van der Waals surface area contributed by atoms with Crippen LogP contribution in [0.3, 0.4) is 0 Å². The van der Waals surface area contributed by atoms with E-state index in [1.807, 2.05) is 17.9 Å². The summed E-state index contributed by atoms with van der Waals surface area (Å²) >= 11 is 0. The number of aliphatic carboxylic acids is 1. The van der Waals surface area contributed by atoms with Crippen LogP contribution in [-0.2, 0) is 9.53 Å². The molecule has 1 N–H and O–H groups in total. The Bertz CT molecular complexity index is 497. The monoisotopic (exact) mass is 262 g/mol. The standard InChI is InChI=1S/C12H14N4O3/c1-2-16(10-7-19-6-9(10)12(17)18)11-5-14-8(3-13)4-15-11/h4-5,9-10H,2,6-7H2,1H3,(H,17,18). The summed E-state index contributed by atoms with van der Waals surface area (Å²) in [6.07, 6.45) is 2.86. The van der Waals surface area contributed by atoms with E-state index in [9.17, 15) is 9.90 Å². The molecule has 0 bridgehead atoms. The van der Waals surface area contributed by atoms with E-state index in [4.69, 9.17) is 10.00 Å². The van der Waals surface area contributed by atoms with Crippen LogP contribution >= 0.6 is 0 Å². The fourth-order valence-corrected chi connectivity index (χ4v) is 2.18. The van der Waals surface area contributed by atoms with Gasteiger partial charge in [0.1, 0.15) is 17.8 Å². The number of nitrogens with zero attached hydrogens (tertiary/aromatic N) is 4. The molecule has 2 unspecified atom stereocenters. The minimum atomic E-state index is -0.873. The van der Waals surface area contributed by atoms with Crippen molar-refractivity contribution in [1.29, 1.82) is 5.26 Å². The largest absolute Gasteiger partial charge is 0.481 e. The number of anilines is 1. The van der Waals surface area contributed by atoms with Gasteiger partial charge in [0.25, 0.3) is 0 Å². The molecule has 7 nitrogen and oxygen atoms in total. The number of ether oxygens (including phenoxy) is 1. The summed E-state index contributed by atoms with van der Waals surface area (Å²) in [4.78, 5) is 21.1. The van der Waals surface area contributed by atoms with Crippen molar-refractivity contribution in [3.05, 3.63) is 18.1 Å². The van der Waals surface area contributed by atoms with Crippen molar-refractivity contribution in [2.24, 2.45) is 5.92 Å². The molecule has 1 fully saturated rings. The van der Waals surface area contributed by atoms with Crippen LogP contribution in [0.4, 0.5) is 5.82 Å². The molecule has 0 radical (unpaired) electrons. The zero-order valence-electron chi connectivity index (χ0n) is 10.5. The molecule has 2 heterocycles. The first-order chi connectivity index (χ1) is 9.17. The number of nitriles is 1. The van der Waals surface area contributed by atoms with Crippen LogP contribution in [0.5, 0.6) is 0 Å². The number of likely N-dealkylation sites (N-methyl/N-ethyl adjacent to an activating group) is 1. The highest BCUT2D eigenvalue weighted by Gasteiger charge is 2.38. The van der Waals surface area contributed by atoms with Gasteiger partial charge in [-0.1, -0.05) is 0 Å². The Balaban J connectivity index is 2.23. The molecule has 1 aliphatic rings. The highest BCUT2D eigenvalue weighted by molar-refractivity contribution is 5.72. The Morgan fingerprint density at radius 3 is 2.89 bits per heavy atom. The Morgan fingerprint density at radius 2 is 2.37 bits per heavy atom. The van der Waals surface area contributed by atoms with Crippen LogP contribution in [-0.4, -0.2) is 46.8 Å². The van der Waals surface area contributed by atoms with Crippen LogP contribution in [0.1, 0.15) is 12.6 Å². The molecule has 7 heteroatoms. The quantitative estimate of drug-likeness (QED) is 0.831. The van der Waals surface area contributed by atoms with Crippen LogP contribution in [0, 0.1) is 17.2 Å². The van der Waals surface area contributed by atoms with E-state index in [2.05, 4.69) is 9.97 Å². The summed E-state index contributed by atoms with van der Waals surface area (Å²) in [6, 6.07) is 1.64. The van der Waals surface area contributed by atoms with Gasteiger partial charge in [-0.3, -0.25) is 4.79 Å². The molecular formula is C12H14N4O3. The van der Waals surface area contributed by atoms with Gasteiger partial charge < -0.3 is 14.7 Å². The third-order valence-electron chi connectivity index (χ3n) is 3.16. The first-order valence-corrected chi connectivity index (χ1v) is 5.96. The molecule has 19 heavy (non-hydrogen) atoms. The number of aromatic nitrogens is 2. The second kappa shape index (κ2) is 5.63. The molecule has 2 atom stereocenters. The van der Waals surface area contributed by atoms with Crippen molar-refractivity contribution < 1.29 is 14.6 Å². The summed E-state index contributed by atoms with van der Waals surface area (Å²) in [5.41, 5.74) is 0.234. The first kappa shape index (κ1) is 13.2. The fraction of sp³-hybridized carbons (Fsp3) is 0.500. The maximum Gasteiger partial charge on any atom is 0.311 e. The fourth-order valence-electron chi connectivity index (χ4n) is 2.18. The minimum Gasteiger partial charge on any atom is -0.481 e. The van der Waals surface area contributed by atoms with Gasteiger partial charge in [-0.05, 0) is 6.92 Å². The third kappa shape index (κ3) is 2.63. The van der Waals surface area contributed by atoms with Crippen molar-refractivity contribution in [2.75, 3.05) is 24.7 Å². The van der Waals surface area contributed by atoms with Gasteiger partial charge in [-0.2, -0.15) is 5.26 Å². The highest BCUT2D eigenvalue weighted by atomic mass is 16.5. The number of hydrogen-bond donors (Lipinski definition) is 1. The van der Waals surface area contributed by atoms with Gasteiger partial charge in [0, 0.05) is 6.54 Å². The summed E-state index contributed by atoms with van der Waals surface area (Å²) in [7, 11) is 0. The van der Waals surface area contributed by atoms with Crippen molar-refractivity contribution in [1.82, 2.24) is 9.97 Å². The molecule has 0 aliphatic carbocycles. The molecule has 0 amide bonds. The Morgan fingerprint density at radius 1 is 1.58 bits per heavy atom. The lowest BCUT2D eigenvalue weighted by Crippen LogP contribution is -2.43. The zero-order valence-corrected chi connectivity index (χ0v) is 10.5. The highest BCUT2D eigenvalue weighted by Crippen LogP contribution is 2.23. The Labute approximate surface area is 110 Å². The van der Waals surface area contributed by atoms with E-state index in [1.165, 1.54) is 12.4 Å². The van der Waals surface area contributed by atoms with Gasteiger partial charge in [-0.15, -0.1) is 0 Å². The topological polar surface area (TPSA) is 99.3 Å². The van der Waals surface area contributed by atoms with Crippen molar-refractivity contribution in [2.45, 2.75) is 13.0 Å². The molecule has 1 aromatic heterocycles. The normalized spacial score (nSPS) is 21.9. The second-order valence-electron chi connectivity index (χ2n) is 4.21. The molecule has 0 saturated carbocycles. The summed E-state index contributed by atoms with van der Waals surface area (Å²) in [5.74, 6) is -0.886. The number of carbonyl (C=O) groups is 1. The van der Waals surface area contributed by atoms with Crippen LogP contribution in [0.25, 0.3) is 0 Å². The Hall–Kier alpha value is -2.20.